The standard InChI is InChI=1S/C11H15ClN2O2/c1-13-11(15)14(2)7-8-4-5-9(16-3)6-10(8)12/h4-6H,7H2,1-3H3,(H,13,15). The Morgan fingerprint density at radius 3 is 2.75 bits per heavy atom. The minimum Gasteiger partial charge on any atom is -0.497 e. The van der Waals surface area contributed by atoms with Gasteiger partial charge in [0.25, 0.3) is 0 Å². The smallest absolute Gasteiger partial charge is 0.317 e. The van der Waals surface area contributed by atoms with Crippen molar-refractivity contribution in [2.24, 2.45) is 0 Å². The maximum Gasteiger partial charge on any atom is 0.317 e. The molecule has 0 aromatic heterocycles. The summed E-state index contributed by atoms with van der Waals surface area (Å²) in [4.78, 5) is 12.8. The molecule has 0 saturated heterocycles. The number of ether oxygens (including phenoxy) is 1. The Balaban J connectivity index is 2.78. The SMILES string of the molecule is CNC(=O)N(C)Cc1ccc(OC)cc1Cl. The number of halogens is 1. The van der Waals surface area contributed by atoms with Crippen molar-refractivity contribution in [2.45, 2.75) is 6.54 Å². The van der Waals surface area contributed by atoms with Crippen LogP contribution in [0.4, 0.5) is 4.79 Å². The zero-order chi connectivity index (χ0) is 12.1. The highest BCUT2D eigenvalue weighted by molar-refractivity contribution is 6.31. The van der Waals surface area contributed by atoms with Gasteiger partial charge in [-0.2, -0.15) is 0 Å². The summed E-state index contributed by atoms with van der Waals surface area (Å²) in [5.74, 6) is 0.705. The van der Waals surface area contributed by atoms with Crippen LogP contribution in [0.3, 0.4) is 0 Å². The van der Waals surface area contributed by atoms with Gasteiger partial charge in [0.1, 0.15) is 5.75 Å². The van der Waals surface area contributed by atoms with Gasteiger partial charge in [-0.05, 0) is 17.7 Å². The highest BCUT2D eigenvalue weighted by atomic mass is 35.5. The van der Waals surface area contributed by atoms with Crippen LogP contribution in [-0.4, -0.2) is 32.1 Å². The number of nitrogens with one attached hydrogen (secondary N) is 1. The van der Waals surface area contributed by atoms with Gasteiger partial charge in [-0.1, -0.05) is 17.7 Å². The highest BCUT2D eigenvalue weighted by Crippen LogP contribution is 2.23. The number of nitrogens with zero attached hydrogens (tertiary/aromatic N) is 1. The van der Waals surface area contributed by atoms with Gasteiger partial charge in [0.2, 0.25) is 0 Å². The molecule has 0 aliphatic rings. The third kappa shape index (κ3) is 3.03. The third-order valence-corrected chi connectivity index (χ3v) is 2.58. The van der Waals surface area contributed by atoms with Gasteiger partial charge < -0.3 is 15.0 Å². The van der Waals surface area contributed by atoms with Gasteiger partial charge in [-0.15, -0.1) is 0 Å². The van der Waals surface area contributed by atoms with Crippen molar-refractivity contribution in [1.82, 2.24) is 10.2 Å². The summed E-state index contributed by atoms with van der Waals surface area (Å²) in [6.45, 7) is 0.461. The third-order valence-electron chi connectivity index (χ3n) is 2.23. The molecule has 1 N–H and O–H groups in total. The Morgan fingerprint density at radius 2 is 2.25 bits per heavy atom. The molecule has 1 aromatic rings. The van der Waals surface area contributed by atoms with E-state index >= 15 is 0 Å². The fourth-order valence-corrected chi connectivity index (χ4v) is 1.53. The zero-order valence-electron chi connectivity index (χ0n) is 9.58. The number of methoxy groups -OCH3 is 1. The summed E-state index contributed by atoms with van der Waals surface area (Å²) >= 11 is 6.06. The minimum absolute atomic E-state index is 0.146. The van der Waals surface area contributed by atoms with Crippen LogP contribution >= 0.6 is 11.6 Å². The van der Waals surface area contributed by atoms with Crippen molar-refractivity contribution in [3.63, 3.8) is 0 Å². The number of urea groups is 1. The van der Waals surface area contributed by atoms with E-state index in [1.165, 1.54) is 0 Å². The number of benzene rings is 1. The minimum atomic E-state index is -0.146. The van der Waals surface area contributed by atoms with E-state index in [9.17, 15) is 4.79 Å². The quantitative estimate of drug-likeness (QED) is 0.882. The van der Waals surface area contributed by atoms with Crippen LogP contribution in [0.15, 0.2) is 18.2 Å². The summed E-state index contributed by atoms with van der Waals surface area (Å²) in [5.41, 5.74) is 0.883. The molecule has 0 aliphatic carbocycles. The molecule has 1 rings (SSSR count). The van der Waals surface area contributed by atoms with Crippen molar-refractivity contribution in [3.05, 3.63) is 28.8 Å². The fraction of sp³-hybridized carbons (Fsp3) is 0.364. The van der Waals surface area contributed by atoms with Gasteiger partial charge in [-0.3, -0.25) is 0 Å². The average Bonchev–Trinajstić information content (AvgIpc) is 2.30. The molecule has 0 unspecified atom stereocenters. The number of carbonyl (C=O) groups is 1. The molecule has 16 heavy (non-hydrogen) atoms. The van der Waals surface area contributed by atoms with Crippen LogP contribution in [0.5, 0.6) is 5.75 Å². The van der Waals surface area contributed by atoms with Crippen molar-refractivity contribution < 1.29 is 9.53 Å². The molecule has 0 saturated carbocycles. The Bertz CT molecular complexity index is 382. The van der Waals surface area contributed by atoms with Crippen molar-refractivity contribution in [1.29, 1.82) is 0 Å². The normalized spacial score (nSPS) is 9.75. The first-order valence-corrected chi connectivity index (χ1v) is 5.21. The van der Waals surface area contributed by atoms with Gasteiger partial charge in [0, 0.05) is 25.7 Å². The predicted molar refractivity (Wildman–Crippen MR) is 63.9 cm³/mol. The monoisotopic (exact) mass is 242 g/mol. The molecule has 88 valence electrons. The second kappa shape index (κ2) is 5.61. The van der Waals surface area contributed by atoms with Crippen LogP contribution in [-0.2, 0) is 6.54 Å². The zero-order valence-corrected chi connectivity index (χ0v) is 10.3. The van der Waals surface area contributed by atoms with Crippen LogP contribution in [0.1, 0.15) is 5.56 Å². The Hall–Kier alpha value is -1.42. The van der Waals surface area contributed by atoms with Gasteiger partial charge in [0.15, 0.2) is 0 Å². The molecule has 2 amide bonds. The van der Waals surface area contributed by atoms with Crippen LogP contribution in [0.25, 0.3) is 0 Å². The van der Waals surface area contributed by atoms with E-state index in [2.05, 4.69) is 5.32 Å². The lowest BCUT2D eigenvalue weighted by Gasteiger charge is -2.17. The van der Waals surface area contributed by atoms with Crippen LogP contribution in [0.2, 0.25) is 5.02 Å². The Labute approximate surface area is 100 Å². The first-order chi connectivity index (χ1) is 7.58. The van der Waals surface area contributed by atoms with E-state index in [4.69, 9.17) is 16.3 Å². The number of rotatable bonds is 3. The lowest BCUT2D eigenvalue weighted by atomic mass is 10.2. The van der Waals surface area contributed by atoms with E-state index in [-0.39, 0.29) is 6.03 Å². The van der Waals surface area contributed by atoms with E-state index in [1.54, 1.807) is 32.2 Å². The van der Waals surface area contributed by atoms with E-state index in [0.29, 0.717) is 17.3 Å². The molecule has 0 heterocycles. The second-order valence-electron chi connectivity index (χ2n) is 3.37. The van der Waals surface area contributed by atoms with E-state index in [1.807, 2.05) is 12.1 Å². The van der Waals surface area contributed by atoms with Gasteiger partial charge in [0.05, 0.1) is 7.11 Å². The average molecular weight is 243 g/mol. The molecular formula is C11H15ClN2O2. The second-order valence-corrected chi connectivity index (χ2v) is 3.78. The van der Waals surface area contributed by atoms with Crippen molar-refractivity contribution in [2.75, 3.05) is 21.2 Å². The predicted octanol–water partition coefficient (Wildman–Crippen LogP) is 2.12. The van der Waals surface area contributed by atoms with Crippen LogP contribution < -0.4 is 10.1 Å². The topological polar surface area (TPSA) is 41.6 Å². The molecule has 1 aromatic carbocycles. The molecule has 0 fully saturated rings. The Morgan fingerprint density at radius 1 is 1.56 bits per heavy atom. The first kappa shape index (κ1) is 12.6. The number of hydrogen-bond donors (Lipinski definition) is 1. The molecule has 0 bridgehead atoms. The summed E-state index contributed by atoms with van der Waals surface area (Å²) in [6, 6.07) is 5.25. The molecular weight excluding hydrogens is 228 g/mol. The maximum atomic E-state index is 11.3. The fourth-order valence-electron chi connectivity index (χ4n) is 1.30. The van der Waals surface area contributed by atoms with Gasteiger partial charge in [-0.25, -0.2) is 4.79 Å². The first-order valence-electron chi connectivity index (χ1n) is 4.83. The van der Waals surface area contributed by atoms with Crippen molar-refractivity contribution >= 4 is 17.6 Å². The summed E-state index contributed by atoms with van der Waals surface area (Å²) in [6.07, 6.45) is 0. The van der Waals surface area contributed by atoms with E-state index < -0.39 is 0 Å². The molecule has 4 nitrogen and oxygen atoms in total. The lowest BCUT2D eigenvalue weighted by Crippen LogP contribution is -2.34. The lowest BCUT2D eigenvalue weighted by molar-refractivity contribution is 0.209. The number of hydrogen-bond acceptors (Lipinski definition) is 2. The molecule has 0 spiro atoms. The highest BCUT2D eigenvalue weighted by Gasteiger charge is 2.09. The Kier molecular flexibility index (Phi) is 4.43. The van der Waals surface area contributed by atoms with Crippen molar-refractivity contribution in [3.8, 4) is 5.75 Å². The van der Waals surface area contributed by atoms with Gasteiger partial charge >= 0.3 is 6.03 Å². The molecule has 0 radical (unpaired) electrons. The molecule has 0 atom stereocenters. The summed E-state index contributed by atoms with van der Waals surface area (Å²) in [7, 11) is 4.88. The summed E-state index contributed by atoms with van der Waals surface area (Å²) < 4.78 is 5.05. The summed E-state index contributed by atoms with van der Waals surface area (Å²) in [5, 5.41) is 3.14. The molecule has 0 aliphatic heterocycles. The number of carbonyl (C=O) groups excluding carboxylic acids is 1. The van der Waals surface area contributed by atoms with E-state index in [0.717, 1.165) is 5.56 Å². The maximum absolute atomic E-state index is 11.3. The number of amides is 2. The van der Waals surface area contributed by atoms with Crippen LogP contribution in [0, 0.1) is 0 Å². The largest absolute Gasteiger partial charge is 0.497 e. The molecule has 5 heteroatoms.